The number of halogens is 2. The van der Waals surface area contributed by atoms with Gasteiger partial charge in [0.15, 0.2) is 0 Å². The molecule has 3 amide bonds. The van der Waals surface area contributed by atoms with Crippen LogP contribution in [0.2, 0.25) is 10.0 Å². The average molecular weight is 478 g/mol. The Bertz CT molecular complexity index is 1040. The predicted molar refractivity (Wildman–Crippen MR) is 123 cm³/mol. The summed E-state index contributed by atoms with van der Waals surface area (Å²) >= 11 is 12.0. The quantitative estimate of drug-likeness (QED) is 0.559. The standard InChI is InChI=1S/C23H25Cl2N3O4/c1-27(22(30)14-8-9-18(24)19(25)11-14)12-15-5-3-6-16-17(15)13-28(23(16)31)20(21(26)29)7-4-10-32-2/h3,5-6,8-9,11,20H,4,7,10,12-13H2,1-2H3,(H2,26,29). The Balaban J connectivity index is 1.80. The lowest BCUT2D eigenvalue weighted by Crippen LogP contribution is -2.45. The number of hydrogen-bond donors (Lipinski definition) is 1. The summed E-state index contributed by atoms with van der Waals surface area (Å²) in [6, 6.07) is 9.39. The highest BCUT2D eigenvalue weighted by Crippen LogP contribution is 2.30. The van der Waals surface area contributed by atoms with E-state index in [1.54, 1.807) is 43.3 Å². The van der Waals surface area contributed by atoms with E-state index in [-0.39, 0.29) is 24.9 Å². The van der Waals surface area contributed by atoms with Gasteiger partial charge in [-0.05, 0) is 48.2 Å². The second-order valence-corrected chi connectivity index (χ2v) is 8.53. The number of methoxy groups -OCH3 is 1. The molecule has 1 atom stereocenters. The lowest BCUT2D eigenvalue weighted by Gasteiger charge is -2.25. The smallest absolute Gasteiger partial charge is 0.255 e. The summed E-state index contributed by atoms with van der Waals surface area (Å²) < 4.78 is 5.05. The molecule has 0 spiro atoms. The molecule has 32 heavy (non-hydrogen) atoms. The van der Waals surface area contributed by atoms with Crippen LogP contribution < -0.4 is 5.73 Å². The third-order valence-corrected chi connectivity index (χ3v) is 6.28. The molecule has 1 aliphatic heterocycles. The van der Waals surface area contributed by atoms with Crippen LogP contribution in [0.15, 0.2) is 36.4 Å². The number of nitrogens with zero attached hydrogens (tertiary/aromatic N) is 2. The predicted octanol–water partition coefficient (Wildman–Crippen LogP) is 3.50. The first kappa shape index (κ1) is 24.0. The molecule has 0 aliphatic carbocycles. The zero-order valence-electron chi connectivity index (χ0n) is 17.9. The molecule has 2 aromatic rings. The maximum absolute atomic E-state index is 13.0. The highest BCUT2D eigenvalue weighted by Gasteiger charge is 2.36. The maximum Gasteiger partial charge on any atom is 0.255 e. The number of primary amides is 1. The Morgan fingerprint density at radius 2 is 1.97 bits per heavy atom. The Hall–Kier alpha value is -2.61. The minimum Gasteiger partial charge on any atom is -0.385 e. The highest BCUT2D eigenvalue weighted by molar-refractivity contribution is 6.42. The molecule has 0 radical (unpaired) electrons. The van der Waals surface area contributed by atoms with Crippen molar-refractivity contribution in [3.8, 4) is 0 Å². The summed E-state index contributed by atoms with van der Waals surface area (Å²) in [5.74, 6) is -1.01. The minimum absolute atomic E-state index is 0.225. The molecule has 1 heterocycles. The van der Waals surface area contributed by atoms with Crippen molar-refractivity contribution in [2.75, 3.05) is 20.8 Å². The Kier molecular flexibility index (Phi) is 7.77. The van der Waals surface area contributed by atoms with Gasteiger partial charge in [-0.1, -0.05) is 35.3 Å². The number of hydrogen-bond acceptors (Lipinski definition) is 4. The molecule has 9 heteroatoms. The molecule has 2 aromatic carbocycles. The van der Waals surface area contributed by atoms with E-state index in [9.17, 15) is 14.4 Å². The van der Waals surface area contributed by atoms with Crippen LogP contribution in [0.4, 0.5) is 0 Å². The van der Waals surface area contributed by atoms with Gasteiger partial charge in [-0.25, -0.2) is 0 Å². The molecule has 0 bridgehead atoms. The van der Waals surface area contributed by atoms with Crippen molar-refractivity contribution in [2.45, 2.75) is 32.0 Å². The van der Waals surface area contributed by atoms with E-state index in [2.05, 4.69) is 0 Å². The Labute approximate surface area is 197 Å². The summed E-state index contributed by atoms with van der Waals surface area (Å²) in [6.45, 7) is 1.03. The molecule has 170 valence electrons. The topological polar surface area (TPSA) is 92.9 Å². The number of nitrogens with two attached hydrogens (primary N) is 1. The second kappa shape index (κ2) is 10.3. The van der Waals surface area contributed by atoms with Crippen LogP contribution in [-0.4, -0.2) is 54.3 Å². The van der Waals surface area contributed by atoms with Gasteiger partial charge in [0.2, 0.25) is 5.91 Å². The number of rotatable bonds is 9. The molecule has 0 fully saturated rings. The zero-order chi connectivity index (χ0) is 23.4. The van der Waals surface area contributed by atoms with Crippen LogP contribution in [-0.2, 0) is 22.6 Å². The molecule has 1 aliphatic rings. The van der Waals surface area contributed by atoms with E-state index < -0.39 is 11.9 Å². The maximum atomic E-state index is 13.0. The monoisotopic (exact) mass is 477 g/mol. The van der Waals surface area contributed by atoms with Gasteiger partial charge in [0.1, 0.15) is 6.04 Å². The number of amides is 3. The first-order valence-corrected chi connectivity index (χ1v) is 10.9. The fourth-order valence-corrected chi connectivity index (χ4v) is 4.17. The number of carbonyl (C=O) groups excluding carboxylic acids is 3. The first-order valence-electron chi connectivity index (χ1n) is 10.1. The van der Waals surface area contributed by atoms with Crippen molar-refractivity contribution in [3.05, 3.63) is 68.7 Å². The van der Waals surface area contributed by atoms with E-state index in [1.165, 1.54) is 11.0 Å². The summed E-state index contributed by atoms with van der Waals surface area (Å²) in [5.41, 5.74) is 8.16. The largest absolute Gasteiger partial charge is 0.385 e. The molecule has 7 nitrogen and oxygen atoms in total. The molecule has 3 rings (SSSR count). The van der Waals surface area contributed by atoms with Gasteiger partial charge in [-0.3, -0.25) is 14.4 Å². The van der Waals surface area contributed by atoms with E-state index in [1.807, 2.05) is 6.07 Å². The van der Waals surface area contributed by atoms with E-state index in [0.29, 0.717) is 40.6 Å². The van der Waals surface area contributed by atoms with Gasteiger partial charge in [0.05, 0.1) is 10.0 Å². The number of benzene rings is 2. The molecule has 1 unspecified atom stereocenters. The van der Waals surface area contributed by atoms with Crippen LogP contribution in [0.1, 0.15) is 44.7 Å². The van der Waals surface area contributed by atoms with Crippen molar-refractivity contribution >= 4 is 40.9 Å². The minimum atomic E-state index is -0.714. The first-order chi connectivity index (χ1) is 15.2. The molecule has 0 aromatic heterocycles. The molecular weight excluding hydrogens is 453 g/mol. The van der Waals surface area contributed by atoms with Crippen molar-refractivity contribution in [3.63, 3.8) is 0 Å². The molecule has 0 saturated carbocycles. The molecule has 2 N–H and O–H groups in total. The van der Waals surface area contributed by atoms with Gasteiger partial charge < -0.3 is 20.3 Å². The number of carbonyl (C=O) groups is 3. The summed E-state index contributed by atoms with van der Waals surface area (Å²) in [4.78, 5) is 41.0. The fraction of sp³-hybridized carbons (Fsp3) is 0.348. The van der Waals surface area contributed by atoms with Crippen molar-refractivity contribution < 1.29 is 19.1 Å². The molecule has 0 saturated heterocycles. The van der Waals surface area contributed by atoms with Crippen molar-refractivity contribution in [1.82, 2.24) is 9.80 Å². The second-order valence-electron chi connectivity index (χ2n) is 7.72. The SMILES string of the molecule is COCCCC(C(N)=O)N1Cc2c(CN(C)C(=O)c3ccc(Cl)c(Cl)c3)cccc2C1=O. The van der Waals surface area contributed by atoms with Crippen molar-refractivity contribution in [2.24, 2.45) is 5.73 Å². The third kappa shape index (κ3) is 5.06. The van der Waals surface area contributed by atoms with Crippen LogP contribution in [0.25, 0.3) is 0 Å². The van der Waals surface area contributed by atoms with Gasteiger partial charge in [-0.2, -0.15) is 0 Å². The van der Waals surface area contributed by atoms with Gasteiger partial charge in [0, 0.05) is 45.0 Å². The van der Waals surface area contributed by atoms with E-state index in [4.69, 9.17) is 33.7 Å². The van der Waals surface area contributed by atoms with Crippen LogP contribution in [0.3, 0.4) is 0 Å². The average Bonchev–Trinajstić information content (AvgIpc) is 3.09. The van der Waals surface area contributed by atoms with E-state index >= 15 is 0 Å². The van der Waals surface area contributed by atoms with Gasteiger partial charge in [-0.15, -0.1) is 0 Å². The van der Waals surface area contributed by atoms with Crippen LogP contribution >= 0.6 is 23.2 Å². The van der Waals surface area contributed by atoms with Crippen LogP contribution in [0, 0.1) is 0 Å². The number of ether oxygens (including phenoxy) is 1. The number of fused-ring (bicyclic) bond motifs is 1. The third-order valence-electron chi connectivity index (χ3n) is 5.54. The lowest BCUT2D eigenvalue weighted by atomic mass is 10.0. The fourth-order valence-electron chi connectivity index (χ4n) is 3.87. The molecular formula is C23H25Cl2N3O4. The zero-order valence-corrected chi connectivity index (χ0v) is 19.4. The Morgan fingerprint density at radius 3 is 2.62 bits per heavy atom. The normalized spacial score (nSPS) is 13.8. The van der Waals surface area contributed by atoms with Crippen molar-refractivity contribution in [1.29, 1.82) is 0 Å². The highest BCUT2D eigenvalue weighted by atomic mass is 35.5. The van der Waals surface area contributed by atoms with Gasteiger partial charge >= 0.3 is 0 Å². The van der Waals surface area contributed by atoms with Crippen LogP contribution in [0.5, 0.6) is 0 Å². The summed E-state index contributed by atoms with van der Waals surface area (Å²) in [5, 5.41) is 0.679. The summed E-state index contributed by atoms with van der Waals surface area (Å²) in [7, 11) is 3.26. The lowest BCUT2D eigenvalue weighted by molar-refractivity contribution is -0.122. The van der Waals surface area contributed by atoms with E-state index in [0.717, 1.165) is 11.1 Å². The summed E-state index contributed by atoms with van der Waals surface area (Å²) in [6.07, 6.45) is 1.03. The van der Waals surface area contributed by atoms with Gasteiger partial charge in [0.25, 0.3) is 11.8 Å². The Morgan fingerprint density at radius 1 is 1.22 bits per heavy atom.